The van der Waals surface area contributed by atoms with Crippen molar-refractivity contribution < 1.29 is 0 Å². The van der Waals surface area contributed by atoms with Crippen molar-refractivity contribution in [2.24, 2.45) is 0 Å². The van der Waals surface area contributed by atoms with Crippen LogP contribution in [-0.4, -0.2) is 49.8 Å². The van der Waals surface area contributed by atoms with Crippen LogP contribution in [0.3, 0.4) is 0 Å². The molecular formula is C114H102N10. The molecule has 21 rings (SSSR count). The van der Waals surface area contributed by atoms with Gasteiger partial charge in [0.05, 0.1) is 50.2 Å². The van der Waals surface area contributed by atoms with Gasteiger partial charge in [0.2, 0.25) is 0 Å². The molecule has 0 fully saturated rings. The number of nitrogens with zero attached hydrogens (tertiary/aromatic N) is 10. The lowest BCUT2D eigenvalue weighted by Crippen LogP contribution is -2.16. The number of rotatable bonds is 5. The summed E-state index contributed by atoms with van der Waals surface area (Å²) in [6, 6.07) is 116. The monoisotopic (exact) mass is 1610 g/mol. The van der Waals surface area contributed by atoms with E-state index in [9.17, 15) is 0 Å². The van der Waals surface area contributed by atoms with E-state index >= 15 is 0 Å². The van der Waals surface area contributed by atoms with Gasteiger partial charge in [-0.1, -0.05) is 413 Å². The summed E-state index contributed by atoms with van der Waals surface area (Å²) in [4.78, 5) is 49.1. The van der Waals surface area contributed by atoms with Crippen LogP contribution in [0.25, 0.3) is 175 Å². The molecule has 0 aliphatic rings. The Kier molecular flexibility index (Phi) is 22.3. The van der Waals surface area contributed by atoms with Crippen molar-refractivity contribution in [2.45, 2.75) is 131 Å². The van der Waals surface area contributed by atoms with Crippen LogP contribution in [0.5, 0.6) is 0 Å². The quantitative estimate of drug-likeness (QED) is 0.154. The van der Waals surface area contributed by atoms with E-state index < -0.39 is 0 Å². The molecule has 6 heterocycles. The standard InChI is InChI=1S/C28H24N2.C26H22N2.2C22H20N2.C16H16N2/c1-28(2,3)25-18-24(20-12-8-5-9-13-20)23-15-14-22-21(19-10-6-4-7-11-19)16-17-29-26(22)27(23)30-25;1-26(2,3)25-27-23(17-11-5-4-6-12-17)22-20-15-9-7-13-18(20)19-14-8-10-16-21(19)24(22)28-25;1-22(2,3)21-23-18-14-13-15-9-7-8-12-17(15)19(18)20(24-21)16-10-5-4-6-11-16;1-22(2,3)21-23-19(16-10-5-4-6-11-16)18-14-13-15-9-7-8-12-17(15)20(18)24-21;1-16(2,3)15-17-10-12-9-8-11-6-4-5-7-13(11)14(12)18-15/h4-18H,1-3H3;4-16H,1-3H3;2*4-14H,1-3H3;4-10H,1-3H3. The molecule has 0 spiro atoms. The average Bonchev–Trinajstić information content (AvgIpc) is 0.728. The van der Waals surface area contributed by atoms with Crippen LogP contribution in [0.4, 0.5) is 0 Å². The third-order valence-corrected chi connectivity index (χ3v) is 22.7. The molecule has 0 atom stereocenters. The van der Waals surface area contributed by atoms with Gasteiger partial charge in [0.15, 0.2) is 0 Å². The first-order valence-electron chi connectivity index (χ1n) is 42.9. The molecule has 0 bridgehead atoms. The predicted molar refractivity (Wildman–Crippen MR) is 523 cm³/mol. The van der Waals surface area contributed by atoms with Crippen LogP contribution in [0.2, 0.25) is 0 Å². The minimum atomic E-state index is -0.134. The number of pyridine rings is 2. The Morgan fingerprint density at radius 3 is 1.10 bits per heavy atom. The van der Waals surface area contributed by atoms with Gasteiger partial charge < -0.3 is 0 Å². The Labute approximate surface area is 726 Å². The smallest absolute Gasteiger partial charge is 0.135 e. The topological polar surface area (TPSA) is 129 Å². The Morgan fingerprint density at radius 1 is 0.194 bits per heavy atom. The Morgan fingerprint density at radius 2 is 0.565 bits per heavy atom. The van der Waals surface area contributed by atoms with E-state index in [1.54, 1.807) is 0 Å². The molecule has 124 heavy (non-hydrogen) atoms. The van der Waals surface area contributed by atoms with Crippen LogP contribution < -0.4 is 0 Å². The highest BCUT2D eigenvalue weighted by molar-refractivity contribution is 6.27. The second kappa shape index (κ2) is 33.7. The van der Waals surface area contributed by atoms with Crippen LogP contribution in [0.15, 0.2) is 346 Å². The van der Waals surface area contributed by atoms with Crippen LogP contribution in [0, 0.1) is 0 Å². The lowest BCUT2D eigenvalue weighted by atomic mass is 9.88. The summed E-state index contributed by atoms with van der Waals surface area (Å²) in [5.41, 5.74) is 17.9. The fourth-order valence-electron chi connectivity index (χ4n) is 16.1. The summed E-state index contributed by atoms with van der Waals surface area (Å²) in [7, 11) is 0. The largest absolute Gasteiger partial charge is 0.254 e. The van der Waals surface area contributed by atoms with Gasteiger partial charge in [-0.05, 0) is 84.2 Å². The van der Waals surface area contributed by atoms with Crippen molar-refractivity contribution in [1.29, 1.82) is 0 Å². The van der Waals surface area contributed by atoms with E-state index in [2.05, 4.69) is 418 Å². The maximum atomic E-state index is 5.13. The highest BCUT2D eigenvalue weighted by atomic mass is 14.9. The summed E-state index contributed by atoms with van der Waals surface area (Å²) >= 11 is 0. The van der Waals surface area contributed by atoms with Crippen molar-refractivity contribution in [3.63, 3.8) is 0 Å². The van der Waals surface area contributed by atoms with E-state index in [1.807, 2.05) is 36.7 Å². The molecule has 15 aromatic carbocycles. The molecule has 10 heteroatoms. The zero-order chi connectivity index (χ0) is 86.2. The van der Waals surface area contributed by atoms with E-state index in [1.165, 1.54) is 76.1 Å². The molecule has 0 saturated carbocycles. The summed E-state index contributed by atoms with van der Waals surface area (Å²) < 4.78 is 0. The molecule has 6 aromatic heterocycles. The summed E-state index contributed by atoms with van der Waals surface area (Å²) in [6.45, 7) is 32.5. The Bertz CT molecular complexity index is 7530. The van der Waals surface area contributed by atoms with Gasteiger partial charge in [0.25, 0.3) is 0 Å². The number of aromatic nitrogens is 10. The highest BCUT2D eigenvalue weighted by Crippen LogP contribution is 2.43. The summed E-state index contributed by atoms with van der Waals surface area (Å²) in [5, 5.41) is 18.8. The lowest BCUT2D eigenvalue weighted by molar-refractivity contribution is 0.548. The molecule has 0 unspecified atom stereocenters. The van der Waals surface area contributed by atoms with Gasteiger partial charge in [-0.2, -0.15) is 0 Å². The zero-order valence-corrected chi connectivity index (χ0v) is 73.4. The maximum absolute atomic E-state index is 5.13. The second-order valence-corrected chi connectivity index (χ2v) is 37.1. The predicted octanol–water partition coefficient (Wildman–Crippen LogP) is 29.9. The van der Waals surface area contributed by atoms with Crippen LogP contribution in [-0.2, 0) is 27.1 Å². The fourth-order valence-corrected chi connectivity index (χ4v) is 16.1. The van der Waals surface area contributed by atoms with Crippen molar-refractivity contribution in [2.75, 3.05) is 0 Å². The molecule has 0 amide bonds. The van der Waals surface area contributed by atoms with Crippen molar-refractivity contribution in [3.05, 3.63) is 375 Å². The first-order valence-corrected chi connectivity index (χ1v) is 42.9. The van der Waals surface area contributed by atoms with E-state index in [0.29, 0.717) is 0 Å². The van der Waals surface area contributed by atoms with Gasteiger partial charge in [0.1, 0.15) is 23.3 Å². The van der Waals surface area contributed by atoms with Crippen LogP contribution in [0.1, 0.15) is 133 Å². The van der Waals surface area contributed by atoms with Gasteiger partial charge >= 0.3 is 0 Å². The molecule has 608 valence electrons. The summed E-state index contributed by atoms with van der Waals surface area (Å²) in [5.74, 6) is 3.53. The number of benzene rings is 15. The fraction of sp³-hybridized carbons (Fsp3) is 0.175. The Hall–Kier alpha value is -14.2. The first kappa shape index (κ1) is 82.1. The maximum Gasteiger partial charge on any atom is 0.135 e. The second-order valence-electron chi connectivity index (χ2n) is 37.1. The van der Waals surface area contributed by atoms with E-state index in [4.69, 9.17) is 44.9 Å². The average molecular weight is 1610 g/mol. The summed E-state index contributed by atoms with van der Waals surface area (Å²) in [6.07, 6.45) is 3.83. The SMILES string of the molecule is CC(C)(C)c1cc(-c2ccccc2)c2ccc3c(-c4ccccc4)ccnc3c2n1.CC(C)(C)c1nc(-c2ccccc2)c2c(ccc3ccccc32)n1.CC(C)(C)c1nc(-c2ccccc2)c2c3ccccc3c3ccccc3c2n1.CC(C)(C)c1nc(-c2ccccc2)c2ccc3ccccc3c2n1.CC(C)(C)c1ncc2ccc3ccccc3c2n1. The molecule has 0 aliphatic carbocycles. The number of fused-ring (bicyclic) bond motifs is 18. The molecule has 21 aromatic rings. The minimum absolute atomic E-state index is 0.0227. The zero-order valence-electron chi connectivity index (χ0n) is 73.4. The van der Waals surface area contributed by atoms with Gasteiger partial charge in [-0.15, -0.1) is 0 Å². The molecule has 10 nitrogen and oxygen atoms in total. The highest BCUT2D eigenvalue weighted by Gasteiger charge is 2.28. The van der Waals surface area contributed by atoms with Crippen molar-refractivity contribution >= 4 is 119 Å². The van der Waals surface area contributed by atoms with Crippen molar-refractivity contribution in [3.8, 4) is 56.0 Å². The first-order chi connectivity index (χ1) is 59.7. The molecule has 0 aliphatic heterocycles. The molecule has 0 radical (unpaired) electrons. The molecule has 0 N–H and O–H groups in total. The van der Waals surface area contributed by atoms with Gasteiger partial charge in [-0.3, -0.25) is 4.98 Å². The van der Waals surface area contributed by atoms with E-state index in [0.717, 1.165) is 128 Å². The molecular weight excluding hydrogens is 1510 g/mol. The number of hydrogen-bond donors (Lipinski definition) is 0. The third-order valence-electron chi connectivity index (χ3n) is 22.7. The lowest BCUT2D eigenvalue weighted by Gasteiger charge is -2.21. The van der Waals surface area contributed by atoms with Crippen molar-refractivity contribution in [1.82, 2.24) is 49.8 Å². The van der Waals surface area contributed by atoms with Gasteiger partial charge in [-0.25, -0.2) is 44.9 Å². The third kappa shape index (κ3) is 16.9. The normalized spacial score (nSPS) is 12.0. The van der Waals surface area contributed by atoms with Crippen LogP contribution >= 0.6 is 0 Å². The van der Waals surface area contributed by atoms with E-state index in [-0.39, 0.29) is 27.1 Å². The number of hydrogen-bond acceptors (Lipinski definition) is 10. The Balaban J connectivity index is 0.000000111. The molecule has 0 saturated heterocycles. The minimum Gasteiger partial charge on any atom is -0.254 e. The van der Waals surface area contributed by atoms with Gasteiger partial charge in [0, 0.05) is 110 Å².